The van der Waals surface area contributed by atoms with Crippen molar-refractivity contribution in [2.45, 2.75) is 56.9 Å². The molecule has 0 heterocycles. The Balaban J connectivity index is 1.90. The molecule has 3 unspecified atom stereocenters. The van der Waals surface area contributed by atoms with E-state index in [0.29, 0.717) is 10.8 Å². The zero-order chi connectivity index (χ0) is 22.9. The van der Waals surface area contributed by atoms with Gasteiger partial charge in [0.15, 0.2) is 0 Å². The van der Waals surface area contributed by atoms with Gasteiger partial charge in [-0.3, -0.25) is 4.79 Å². The highest BCUT2D eigenvalue weighted by Gasteiger charge is 2.37. The summed E-state index contributed by atoms with van der Waals surface area (Å²) >= 11 is 0. The van der Waals surface area contributed by atoms with E-state index < -0.39 is 15.8 Å². The van der Waals surface area contributed by atoms with Crippen LogP contribution in [0.2, 0.25) is 0 Å². The minimum atomic E-state index is -3.36. The fraction of sp³-hybridized carbons (Fsp3) is 0.458. The van der Waals surface area contributed by atoms with Gasteiger partial charge in [0.1, 0.15) is 15.7 Å². The van der Waals surface area contributed by atoms with Crippen LogP contribution < -0.4 is 5.14 Å². The van der Waals surface area contributed by atoms with Crippen molar-refractivity contribution in [3.8, 4) is 0 Å². The largest absolute Gasteiger partial charge is 0.305 e. The van der Waals surface area contributed by atoms with Gasteiger partial charge in [-0.1, -0.05) is 32.9 Å². The second-order valence-corrected chi connectivity index (χ2v) is 10.9. The topological polar surface area (TPSA) is 75.8 Å². The fourth-order valence-electron chi connectivity index (χ4n) is 4.03. The minimum absolute atomic E-state index is 0.0285. The highest BCUT2D eigenvalue weighted by Crippen LogP contribution is 2.49. The van der Waals surface area contributed by atoms with Crippen molar-refractivity contribution in [2.75, 3.05) is 14.1 Å². The molecule has 0 saturated heterocycles. The third-order valence-corrected chi connectivity index (χ3v) is 7.16. The predicted molar refractivity (Wildman–Crippen MR) is 123 cm³/mol. The van der Waals surface area contributed by atoms with Crippen molar-refractivity contribution in [1.82, 2.24) is 4.90 Å². The van der Waals surface area contributed by atoms with Crippen LogP contribution in [0.25, 0.3) is 0 Å². The third kappa shape index (κ3) is 5.79. The summed E-state index contributed by atoms with van der Waals surface area (Å²) in [6.07, 6.45) is 0.950. The van der Waals surface area contributed by atoms with Gasteiger partial charge < -0.3 is 4.90 Å². The molecule has 0 radical (unpaired) electrons. The summed E-state index contributed by atoms with van der Waals surface area (Å²) in [6, 6.07) is 10.0. The third-order valence-electron chi connectivity index (χ3n) is 5.74. The molecular formula is C24H32FN3O2S. The van der Waals surface area contributed by atoms with Gasteiger partial charge in [-0.25, -0.2) is 13.7 Å². The van der Waals surface area contributed by atoms with Gasteiger partial charge in [0.05, 0.1) is 11.3 Å². The molecule has 31 heavy (non-hydrogen) atoms. The van der Waals surface area contributed by atoms with Crippen LogP contribution in [0, 0.1) is 11.7 Å². The number of carbonyl (C=O) groups excluding carboxylic acids is 1. The summed E-state index contributed by atoms with van der Waals surface area (Å²) in [6.45, 7) is 6.81. The first-order valence-electron chi connectivity index (χ1n) is 10.6. The summed E-state index contributed by atoms with van der Waals surface area (Å²) in [5.41, 5.74) is 3.52. The lowest BCUT2D eigenvalue weighted by Crippen LogP contribution is -2.17. The van der Waals surface area contributed by atoms with Crippen molar-refractivity contribution in [3.05, 3.63) is 64.5 Å². The van der Waals surface area contributed by atoms with Gasteiger partial charge >= 0.3 is 0 Å². The number of carbonyl (C=O) groups is 1. The van der Waals surface area contributed by atoms with Crippen LogP contribution >= 0.6 is 0 Å². The average molecular weight is 446 g/mol. The molecule has 3 rings (SSSR count). The predicted octanol–water partition coefficient (Wildman–Crippen LogP) is 4.60. The van der Waals surface area contributed by atoms with Gasteiger partial charge in [0.2, 0.25) is 0 Å². The summed E-state index contributed by atoms with van der Waals surface area (Å²) < 4.78 is 31.1. The van der Waals surface area contributed by atoms with E-state index in [-0.39, 0.29) is 24.1 Å². The Morgan fingerprint density at radius 3 is 2.39 bits per heavy atom. The summed E-state index contributed by atoms with van der Waals surface area (Å²) in [7, 11) is 0.571. The van der Waals surface area contributed by atoms with Gasteiger partial charge in [-0.15, -0.1) is 4.36 Å². The van der Waals surface area contributed by atoms with Crippen LogP contribution in [0.5, 0.6) is 0 Å². The SMILES string of the molecule is CC(C)c1cc(F)cc(C2CC2C)c1CC(=O)N=S(N)(=O)c1ccc(CN(C)C)cc1. The van der Waals surface area contributed by atoms with Crippen LogP contribution in [0.15, 0.2) is 45.7 Å². The van der Waals surface area contributed by atoms with Crippen LogP contribution in [0.1, 0.15) is 61.3 Å². The van der Waals surface area contributed by atoms with Crippen molar-refractivity contribution < 1.29 is 13.4 Å². The fourth-order valence-corrected chi connectivity index (χ4v) is 5.03. The Morgan fingerprint density at radius 1 is 1.26 bits per heavy atom. The summed E-state index contributed by atoms with van der Waals surface area (Å²) in [4.78, 5) is 15.2. The zero-order valence-electron chi connectivity index (χ0n) is 18.9. The first-order valence-corrected chi connectivity index (χ1v) is 12.2. The quantitative estimate of drug-likeness (QED) is 0.676. The molecule has 0 spiro atoms. The first kappa shape index (κ1) is 23.6. The van der Waals surface area contributed by atoms with Crippen LogP contribution in [-0.4, -0.2) is 29.1 Å². The molecule has 0 aromatic heterocycles. The van der Waals surface area contributed by atoms with Gasteiger partial charge in [-0.05, 0) is 84.8 Å². The number of hydrogen-bond acceptors (Lipinski definition) is 3. The molecule has 5 nitrogen and oxygen atoms in total. The smallest absolute Gasteiger partial charge is 0.259 e. The minimum Gasteiger partial charge on any atom is -0.305 e. The lowest BCUT2D eigenvalue weighted by Gasteiger charge is -2.17. The average Bonchev–Trinajstić information content (AvgIpc) is 3.38. The Bertz CT molecular complexity index is 1090. The second kappa shape index (κ2) is 9.18. The molecule has 168 valence electrons. The second-order valence-electron chi connectivity index (χ2n) is 9.15. The molecular weight excluding hydrogens is 413 g/mol. The van der Waals surface area contributed by atoms with E-state index in [2.05, 4.69) is 11.3 Å². The molecule has 1 fully saturated rings. The van der Waals surface area contributed by atoms with Gasteiger partial charge in [0.25, 0.3) is 5.91 Å². The summed E-state index contributed by atoms with van der Waals surface area (Å²) in [5.74, 6) is -0.0634. The Kier molecular flexibility index (Phi) is 6.98. The maximum absolute atomic E-state index is 14.2. The van der Waals surface area contributed by atoms with E-state index in [1.165, 1.54) is 12.1 Å². The van der Waals surface area contributed by atoms with Gasteiger partial charge in [0, 0.05) is 6.54 Å². The lowest BCUT2D eigenvalue weighted by molar-refractivity contribution is -0.117. The van der Waals surface area contributed by atoms with E-state index in [9.17, 15) is 13.4 Å². The molecule has 1 aliphatic carbocycles. The summed E-state index contributed by atoms with van der Waals surface area (Å²) in [5, 5.41) is 5.97. The normalized spacial score (nSPS) is 20.0. The lowest BCUT2D eigenvalue weighted by atomic mass is 9.89. The molecule has 1 aliphatic rings. The molecule has 7 heteroatoms. The number of nitrogens with two attached hydrogens (primary N) is 1. The van der Waals surface area contributed by atoms with Crippen LogP contribution in [-0.2, 0) is 27.7 Å². The van der Waals surface area contributed by atoms with E-state index >= 15 is 0 Å². The van der Waals surface area contributed by atoms with E-state index in [1.54, 1.807) is 12.1 Å². The monoisotopic (exact) mass is 445 g/mol. The Hall–Kier alpha value is -2.09. The molecule has 2 N–H and O–H groups in total. The van der Waals surface area contributed by atoms with Crippen LogP contribution in [0.3, 0.4) is 0 Å². The molecule has 1 saturated carbocycles. The van der Waals surface area contributed by atoms with Crippen LogP contribution in [0.4, 0.5) is 4.39 Å². The standard InChI is InChI=1S/C24H32FN3O2S/c1-15(2)20-11-18(25)12-22(21-10-16(21)3)23(20)13-24(29)27-31(26,30)19-8-6-17(7-9-19)14-28(4)5/h6-9,11-12,15-16,21H,10,13-14H2,1-5H3,(H2,26,27,29,30). The number of hydrogen-bond donors (Lipinski definition) is 1. The van der Waals surface area contributed by atoms with Crippen molar-refractivity contribution >= 4 is 15.8 Å². The first-order chi connectivity index (χ1) is 14.5. The van der Waals surface area contributed by atoms with Crippen molar-refractivity contribution in [3.63, 3.8) is 0 Å². The number of amides is 1. The number of benzene rings is 2. The molecule has 2 aromatic rings. The maximum Gasteiger partial charge on any atom is 0.259 e. The van der Waals surface area contributed by atoms with E-state index in [0.717, 1.165) is 35.2 Å². The van der Waals surface area contributed by atoms with Gasteiger partial charge in [-0.2, -0.15) is 0 Å². The van der Waals surface area contributed by atoms with Crippen molar-refractivity contribution in [1.29, 1.82) is 0 Å². The molecule has 1 amide bonds. The number of rotatable bonds is 7. The molecule has 2 aromatic carbocycles. The number of halogens is 1. The highest BCUT2D eigenvalue weighted by molar-refractivity contribution is 7.91. The molecule has 0 aliphatic heterocycles. The highest BCUT2D eigenvalue weighted by atomic mass is 32.2. The van der Waals surface area contributed by atoms with E-state index in [4.69, 9.17) is 5.14 Å². The Labute approximate surface area is 185 Å². The van der Waals surface area contributed by atoms with Crippen molar-refractivity contribution in [2.24, 2.45) is 15.4 Å². The van der Waals surface area contributed by atoms with E-state index in [1.807, 2.05) is 45.0 Å². The zero-order valence-corrected chi connectivity index (χ0v) is 19.7. The maximum atomic E-state index is 14.2. The molecule has 3 atom stereocenters. The molecule has 0 bridgehead atoms. The Morgan fingerprint density at radius 2 is 1.87 bits per heavy atom. The number of nitrogens with zero attached hydrogens (tertiary/aromatic N) is 2.